The molecular weight excluding hydrogens is 400 g/mol. The van der Waals surface area contributed by atoms with Crippen LogP contribution in [0.15, 0.2) is 65.8 Å². The number of ketones is 1. The van der Waals surface area contributed by atoms with Crippen LogP contribution in [0.2, 0.25) is 0 Å². The van der Waals surface area contributed by atoms with Crippen molar-refractivity contribution in [2.75, 3.05) is 7.11 Å². The molecule has 30 heavy (non-hydrogen) atoms. The number of ether oxygens (including phenoxy) is 1. The monoisotopic (exact) mass is 420 g/mol. The topological polar surface area (TPSA) is 79.7 Å². The molecule has 0 saturated carbocycles. The molecule has 0 radical (unpaired) electrons. The Morgan fingerprint density at radius 2 is 2.07 bits per heavy atom. The number of hydrogen-bond donors (Lipinski definition) is 1. The van der Waals surface area contributed by atoms with E-state index in [9.17, 15) is 14.7 Å². The third-order valence-electron chi connectivity index (χ3n) is 5.10. The van der Waals surface area contributed by atoms with E-state index in [1.165, 1.54) is 16.2 Å². The minimum Gasteiger partial charge on any atom is -0.507 e. The number of aryl methyl sites for hydroxylation is 1. The van der Waals surface area contributed by atoms with E-state index in [-0.39, 0.29) is 17.9 Å². The summed E-state index contributed by atoms with van der Waals surface area (Å²) in [5.74, 6) is -0.836. The third kappa shape index (κ3) is 3.48. The molecule has 0 aliphatic carbocycles. The number of carbonyl (C=O) groups excluding carboxylic acids is 2. The summed E-state index contributed by atoms with van der Waals surface area (Å²) in [6.07, 6.45) is 3.32. The Kier molecular flexibility index (Phi) is 5.37. The number of benzene rings is 1. The van der Waals surface area contributed by atoms with Crippen LogP contribution >= 0.6 is 11.3 Å². The van der Waals surface area contributed by atoms with Crippen molar-refractivity contribution >= 4 is 28.8 Å². The van der Waals surface area contributed by atoms with Crippen molar-refractivity contribution < 1.29 is 19.4 Å². The minimum atomic E-state index is -0.691. The molecule has 2 aromatic heterocycles. The van der Waals surface area contributed by atoms with E-state index in [2.05, 4.69) is 4.98 Å². The summed E-state index contributed by atoms with van der Waals surface area (Å²) in [5.41, 5.74) is 2.19. The number of hydrogen-bond acceptors (Lipinski definition) is 6. The highest BCUT2D eigenvalue weighted by Crippen LogP contribution is 2.42. The number of aromatic nitrogens is 1. The summed E-state index contributed by atoms with van der Waals surface area (Å²) in [5, 5.41) is 13.0. The van der Waals surface area contributed by atoms with E-state index in [4.69, 9.17) is 4.74 Å². The van der Waals surface area contributed by atoms with Crippen LogP contribution in [0.3, 0.4) is 0 Å². The average Bonchev–Trinajstić information content (AvgIpc) is 3.37. The van der Waals surface area contributed by atoms with Crippen LogP contribution in [0.1, 0.15) is 27.6 Å². The second-order valence-electron chi connectivity index (χ2n) is 6.99. The van der Waals surface area contributed by atoms with Crippen LogP contribution in [0.4, 0.5) is 0 Å². The number of pyridine rings is 1. The summed E-state index contributed by atoms with van der Waals surface area (Å²) in [6.45, 7) is 2.08. The highest BCUT2D eigenvalue weighted by atomic mass is 32.1. The van der Waals surface area contributed by atoms with Crippen molar-refractivity contribution in [3.05, 3.63) is 87.4 Å². The number of aliphatic hydroxyl groups is 1. The molecule has 1 amide bonds. The van der Waals surface area contributed by atoms with Gasteiger partial charge in [0.05, 0.1) is 18.7 Å². The molecule has 7 heteroatoms. The van der Waals surface area contributed by atoms with Crippen LogP contribution in [-0.4, -0.2) is 33.8 Å². The fourth-order valence-corrected chi connectivity index (χ4v) is 4.50. The van der Waals surface area contributed by atoms with Gasteiger partial charge in [-0.2, -0.15) is 0 Å². The smallest absolute Gasteiger partial charge is 0.295 e. The van der Waals surface area contributed by atoms with Crippen LogP contribution in [0.25, 0.3) is 5.76 Å². The zero-order chi connectivity index (χ0) is 21.3. The number of likely N-dealkylation sites (tertiary alicyclic amines) is 1. The predicted octanol–water partition coefficient (Wildman–Crippen LogP) is 4.08. The molecule has 0 spiro atoms. The van der Waals surface area contributed by atoms with Crippen LogP contribution in [-0.2, 0) is 16.1 Å². The molecule has 3 aromatic rings. The summed E-state index contributed by atoms with van der Waals surface area (Å²) in [4.78, 5) is 32.3. The fourth-order valence-electron chi connectivity index (χ4n) is 3.66. The summed E-state index contributed by atoms with van der Waals surface area (Å²) < 4.78 is 5.28. The van der Waals surface area contributed by atoms with Crippen molar-refractivity contribution in [2.24, 2.45) is 0 Å². The Balaban J connectivity index is 1.83. The van der Waals surface area contributed by atoms with Crippen molar-refractivity contribution in [3.63, 3.8) is 0 Å². The van der Waals surface area contributed by atoms with E-state index < -0.39 is 17.7 Å². The second kappa shape index (κ2) is 8.12. The summed E-state index contributed by atoms with van der Waals surface area (Å²) >= 11 is 1.44. The third-order valence-corrected chi connectivity index (χ3v) is 6.02. The molecule has 0 bridgehead atoms. The highest BCUT2D eigenvalue weighted by Gasteiger charge is 2.46. The van der Waals surface area contributed by atoms with Crippen molar-refractivity contribution in [1.29, 1.82) is 0 Å². The molecule has 152 valence electrons. The number of carbonyl (C=O) groups is 2. The molecule has 1 aliphatic rings. The Bertz CT molecular complexity index is 1120. The van der Waals surface area contributed by atoms with Crippen molar-refractivity contribution in [2.45, 2.75) is 19.5 Å². The van der Waals surface area contributed by atoms with Gasteiger partial charge in [-0.25, -0.2) is 0 Å². The maximum absolute atomic E-state index is 13.0. The second-order valence-corrected chi connectivity index (χ2v) is 7.97. The SMILES string of the molecule is COc1ccc(C(O)=C2C(=O)C(=O)N(Cc3cccnc3)C2c2cccs2)cc1C. The van der Waals surface area contributed by atoms with Crippen molar-refractivity contribution in [3.8, 4) is 5.75 Å². The lowest BCUT2D eigenvalue weighted by molar-refractivity contribution is -0.140. The van der Waals surface area contributed by atoms with Gasteiger partial charge < -0.3 is 14.7 Å². The molecule has 1 saturated heterocycles. The number of thiophene rings is 1. The van der Waals surface area contributed by atoms with Crippen LogP contribution in [0, 0.1) is 6.92 Å². The molecule has 1 N–H and O–H groups in total. The minimum absolute atomic E-state index is 0.0934. The van der Waals surface area contributed by atoms with Gasteiger partial charge >= 0.3 is 0 Å². The van der Waals surface area contributed by atoms with E-state index in [1.807, 2.05) is 30.5 Å². The molecule has 1 aromatic carbocycles. The zero-order valence-corrected chi connectivity index (χ0v) is 17.3. The van der Waals surface area contributed by atoms with Gasteiger partial charge in [-0.05, 0) is 53.8 Å². The van der Waals surface area contributed by atoms with Gasteiger partial charge in [0.2, 0.25) is 0 Å². The Morgan fingerprint density at radius 3 is 2.70 bits per heavy atom. The first-order chi connectivity index (χ1) is 14.5. The van der Waals surface area contributed by atoms with Gasteiger partial charge in [-0.15, -0.1) is 11.3 Å². The molecule has 1 unspecified atom stereocenters. The normalized spacial score (nSPS) is 18.1. The largest absolute Gasteiger partial charge is 0.507 e. The zero-order valence-electron chi connectivity index (χ0n) is 16.5. The number of rotatable bonds is 5. The number of aliphatic hydroxyl groups excluding tert-OH is 1. The molecular formula is C23H20N2O4S. The molecule has 1 aliphatic heterocycles. The molecule has 4 rings (SSSR count). The predicted molar refractivity (Wildman–Crippen MR) is 114 cm³/mol. The molecule has 1 atom stereocenters. The van der Waals surface area contributed by atoms with Gasteiger partial charge in [0.25, 0.3) is 11.7 Å². The van der Waals surface area contributed by atoms with Gasteiger partial charge in [-0.1, -0.05) is 12.1 Å². The van der Waals surface area contributed by atoms with Gasteiger partial charge in [0.15, 0.2) is 0 Å². The average molecular weight is 420 g/mol. The van der Waals surface area contributed by atoms with Crippen LogP contribution < -0.4 is 4.74 Å². The number of Topliss-reactive ketones (excluding diaryl/α,β-unsaturated/α-hetero) is 1. The first-order valence-electron chi connectivity index (χ1n) is 9.37. The Morgan fingerprint density at radius 1 is 1.23 bits per heavy atom. The summed E-state index contributed by atoms with van der Waals surface area (Å²) in [6, 6.07) is 11.9. The maximum Gasteiger partial charge on any atom is 0.295 e. The molecule has 6 nitrogen and oxygen atoms in total. The standard InChI is InChI=1S/C23H20N2O4S/c1-14-11-16(7-8-17(14)29-2)21(26)19-20(18-6-4-10-30-18)25(23(28)22(19)27)13-15-5-3-9-24-12-15/h3-12,20,26H,13H2,1-2H3. The first kappa shape index (κ1) is 19.8. The van der Waals surface area contributed by atoms with Crippen LogP contribution in [0.5, 0.6) is 5.75 Å². The van der Waals surface area contributed by atoms with Crippen molar-refractivity contribution in [1.82, 2.24) is 9.88 Å². The number of methoxy groups -OCH3 is 1. The Hall–Kier alpha value is -3.45. The molecule has 1 fully saturated rings. The quantitative estimate of drug-likeness (QED) is 0.382. The maximum atomic E-state index is 13.0. The number of amides is 1. The first-order valence-corrected chi connectivity index (χ1v) is 10.2. The summed E-state index contributed by atoms with van der Waals surface area (Å²) in [7, 11) is 1.57. The van der Waals surface area contributed by atoms with Gasteiger partial charge in [-0.3, -0.25) is 14.6 Å². The lowest BCUT2D eigenvalue weighted by Crippen LogP contribution is -2.28. The lowest BCUT2D eigenvalue weighted by atomic mass is 9.98. The van der Waals surface area contributed by atoms with E-state index >= 15 is 0 Å². The highest BCUT2D eigenvalue weighted by molar-refractivity contribution is 7.10. The Labute approximate surface area is 178 Å². The van der Waals surface area contributed by atoms with E-state index in [0.29, 0.717) is 11.3 Å². The fraction of sp³-hybridized carbons (Fsp3) is 0.174. The van der Waals surface area contributed by atoms with E-state index in [1.54, 1.807) is 43.8 Å². The lowest BCUT2D eigenvalue weighted by Gasteiger charge is -2.24. The van der Waals surface area contributed by atoms with E-state index in [0.717, 1.165) is 16.0 Å². The van der Waals surface area contributed by atoms with Gasteiger partial charge in [0.1, 0.15) is 11.5 Å². The van der Waals surface area contributed by atoms with Gasteiger partial charge in [0, 0.05) is 29.4 Å². The number of nitrogens with zero attached hydrogens (tertiary/aromatic N) is 2. The molecule has 3 heterocycles.